The molecule has 7 N–H and O–H groups in total. The van der Waals surface area contributed by atoms with E-state index in [0.717, 1.165) is 0 Å². The first-order valence-electron chi connectivity index (χ1n) is 5.36. The highest BCUT2D eigenvalue weighted by Gasteiger charge is 2.44. The zero-order valence-corrected chi connectivity index (χ0v) is 12.2. The molecule has 0 bridgehead atoms. The molecule has 13 heteroatoms. The maximum atomic E-state index is 11.5. The first-order chi connectivity index (χ1) is 9.02. The Balaban J connectivity index is 4.77. The minimum atomic E-state index is -5.24. The molecule has 0 unspecified atom stereocenters. The Hall–Kier alpha value is -0.350. The van der Waals surface area contributed by atoms with Crippen LogP contribution in [0.4, 0.5) is 0 Å². The van der Waals surface area contributed by atoms with Crippen molar-refractivity contribution in [2.45, 2.75) is 5.52 Å². The van der Waals surface area contributed by atoms with Gasteiger partial charge in [-0.15, -0.1) is 0 Å². The average Bonchev–Trinajstić information content (AvgIpc) is 2.23. The van der Waals surface area contributed by atoms with Gasteiger partial charge in [0.1, 0.15) is 0 Å². The topological polar surface area (TPSA) is 188 Å². The van der Waals surface area contributed by atoms with Gasteiger partial charge in [-0.1, -0.05) is 0 Å². The molecular formula is C7H18N2O9P2. The Morgan fingerprint density at radius 1 is 1.00 bits per heavy atom. The Morgan fingerprint density at radius 2 is 1.40 bits per heavy atom. The monoisotopic (exact) mass is 336 g/mol. The number of rotatable bonds is 9. The number of aliphatic hydroxyl groups excluding tert-OH is 2. The summed E-state index contributed by atoms with van der Waals surface area (Å²) in [6.45, 7) is -1.13. The van der Waals surface area contributed by atoms with E-state index in [0.29, 0.717) is 0 Å². The van der Waals surface area contributed by atoms with Gasteiger partial charge in [0.05, 0.1) is 19.8 Å². The molecule has 0 atom stereocenters. The van der Waals surface area contributed by atoms with Gasteiger partial charge in [0.25, 0.3) is 0 Å². The van der Waals surface area contributed by atoms with Crippen LogP contribution >= 0.6 is 15.2 Å². The van der Waals surface area contributed by atoms with Crippen molar-refractivity contribution in [1.82, 2.24) is 10.2 Å². The fourth-order valence-electron chi connectivity index (χ4n) is 1.31. The van der Waals surface area contributed by atoms with Crippen LogP contribution in [0.3, 0.4) is 0 Å². The van der Waals surface area contributed by atoms with E-state index in [1.165, 1.54) is 4.90 Å². The van der Waals surface area contributed by atoms with Crippen LogP contribution < -0.4 is 5.32 Å². The van der Waals surface area contributed by atoms with Gasteiger partial charge < -0.3 is 35.1 Å². The molecule has 0 aromatic carbocycles. The lowest BCUT2D eigenvalue weighted by atomic mass is 10.4. The molecule has 0 fully saturated rings. The summed E-state index contributed by atoms with van der Waals surface area (Å²) in [6, 6.07) is 0. The number of nitrogens with one attached hydrogen (secondary N) is 1. The first-order valence-corrected chi connectivity index (χ1v) is 8.72. The zero-order valence-electron chi connectivity index (χ0n) is 10.4. The molecule has 0 saturated carbocycles. The van der Waals surface area contributed by atoms with Crippen molar-refractivity contribution in [2.24, 2.45) is 0 Å². The van der Waals surface area contributed by atoms with Gasteiger partial charge in [-0.2, -0.15) is 0 Å². The molecule has 0 spiro atoms. The second-order valence-electron chi connectivity index (χ2n) is 3.84. The van der Waals surface area contributed by atoms with Gasteiger partial charge >= 0.3 is 15.2 Å². The molecule has 20 heavy (non-hydrogen) atoms. The normalized spacial score (nSPS) is 13.0. The highest BCUT2D eigenvalue weighted by Crippen LogP contribution is 2.58. The van der Waals surface area contributed by atoms with Crippen LogP contribution in [0, 0.1) is 0 Å². The van der Waals surface area contributed by atoms with Crippen LogP contribution in [0.25, 0.3) is 0 Å². The number of nitrogens with zero attached hydrogens (tertiary/aromatic N) is 1. The van der Waals surface area contributed by atoms with E-state index in [-0.39, 0.29) is 26.3 Å². The predicted octanol–water partition coefficient (Wildman–Crippen LogP) is -2.97. The Bertz CT molecular complexity index is 377. The number of aliphatic hydroxyl groups is 2. The van der Waals surface area contributed by atoms with E-state index in [4.69, 9.17) is 29.8 Å². The van der Waals surface area contributed by atoms with Crippen molar-refractivity contribution in [1.29, 1.82) is 0 Å². The van der Waals surface area contributed by atoms with Crippen LogP contribution in [-0.2, 0) is 13.9 Å². The lowest BCUT2D eigenvalue weighted by Crippen LogP contribution is -2.43. The lowest BCUT2D eigenvalue weighted by Gasteiger charge is -2.23. The summed E-state index contributed by atoms with van der Waals surface area (Å²) >= 11 is 0. The summed E-state index contributed by atoms with van der Waals surface area (Å²) in [5, 5.41) is 19.0. The quantitative estimate of drug-likeness (QED) is 0.214. The van der Waals surface area contributed by atoms with Crippen LogP contribution in [0.1, 0.15) is 0 Å². The van der Waals surface area contributed by atoms with Crippen molar-refractivity contribution in [2.75, 3.05) is 32.8 Å². The molecule has 120 valence electrons. The molecule has 0 rings (SSSR count). The molecule has 0 heterocycles. The predicted molar refractivity (Wildman–Crippen MR) is 66.6 cm³/mol. The molecule has 0 aliphatic carbocycles. The Labute approximate surface area is 114 Å². The van der Waals surface area contributed by atoms with Gasteiger partial charge in [-0.05, 0) is 0 Å². The Morgan fingerprint density at radius 3 is 1.70 bits per heavy atom. The van der Waals surface area contributed by atoms with Crippen LogP contribution in [0.2, 0.25) is 0 Å². The molecule has 0 aromatic rings. The minimum Gasteiger partial charge on any atom is -0.395 e. The molecule has 0 aliphatic heterocycles. The molecule has 0 radical (unpaired) electrons. The van der Waals surface area contributed by atoms with Gasteiger partial charge in [-0.3, -0.25) is 18.8 Å². The van der Waals surface area contributed by atoms with E-state index in [1.807, 2.05) is 0 Å². The standard InChI is InChI=1S/C7H18N2O9P2/c10-3-1-9(2-4-11)5-6(12)8-7(19(13,14)15)20(16,17)18/h7,10-11H,1-5H2,(H,8,12)(H2,13,14,15)(H2,16,17,18). The highest BCUT2D eigenvalue weighted by molar-refractivity contribution is 7.70. The molecule has 11 nitrogen and oxygen atoms in total. The molecular weight excluding hydrogens is 318 g/mol. The van der Waals surface area contributed by atoms with Crippen LogP contribution in [-0.4, -0.2) is 79.0 Å². The summed E-state index contributed by atoms with van der Waals surface area (Å²) in [4.78, 5) is 48.0. The zero-order chi connectivity index (χ0) is 16.0. The van der Waals surface area contributed by atoms with E-state index in [2.05, 4.69) is 0 Å². The highest BCUT2D eigenvalue weighted by atomic mass is 31.2. The Kier molecular flexibility index (Phi) is 8.04. The minimum absolute atomic E-state index is 0.00443. The summed E-state index contributed by atoms with van der Waals surface area (Å²) in [6.07, 6.45) is 0. The second kappa shape index (κ2) is 8.18. The number of hydrogen-bond donors (Lipinski definition) is 7. The van der Waals surface area contributed by atoms with E-state index >= 15 is 0 Å². The van der Waals surface area contributed by atoms with Gasteiger partial charge in [0.15, 0.2) is 0 Å². The maximum Gasteiger partial charge on any atom is 0.360 e. The number of carbonyl (C=O) groups is 1. The molecule has 1 amide bonds. The van der Waals surface area contributed by atoms with E-state index in [9.17, 15) is 13.9 Å². The fraction of sp³-hybridized carbons (Fsp3) is 0.857. The first kappa shape index (κ1) is 19.7. The van der Waals surface area contributed by atoms with Crippen molar-refractivity contribution in [3.63, 3.8) is 0 Å². The van der Waals surface area contributed by atoms with Crippen LogP contribution in [0.15, 0.2) is 0 Å². The van der Waals surface area contributed by atoms with Crippen molar-refractivity contribution in [3.05, 3.63) is 0 Å². The van der Waals surface area contributed by atoms with Crippen molar-refractivity contribution in [3.8, 4) is 0 Å². The number of hydrogen-bond acceptors (Lipinski definition) is 6. The second-order valence-corrected chi connectivity index (χ2v) is 7.64. The maximum absolute atomic E-state index is 11.5. The van der Waals surface area contributed by atoms with Gasteiger partial charge in [-0.25, -0.2) is 0 Å². The summed E-state index contributed by atoms with van der Waals surface area (Å²) in [5.41, 5.74) is -2.62. The van der Waals surface area contributed by atoms with Gasteiger partial charge in [0, 0.05) is 13.1 Å². The average molecular weight is 336 g/mol. The third-order valence-electron chi connectivity index (χ3n) is 2.13. The fourth-order valence-corrected chi connectivity index (χ4v) is 3.50. The molecule has 0 aliphatic rings. The third kappa shape index (κ3) is 7.44. The van der Waals surface area contributed by atoms with Gasteiger partial charge in [0.2, 0.25) is 11.4 Å². The summed E-state index contributed by atoms with van der Waals surface area (Å²) in [7, 11) is -10.5. The van der Waals surface area contributed by atoms with Crippen molar-refractivity contribution >= 4 is 21.1 Å². The smallest absolute Gasteiger partial charge is 0.360 e. The number of amides is 1. The van der Waals surface area contributed by atoms with E-state index in [1.54, 1.807) is 5.32 Å². The number of carbonyl (C=O) groups excluding carboxylic acids is 1. The SMILES string of the molecule is O=C(CN(CCO)CCO)NC(P(=O)(O)O)P(=O)(O)O. The van der Waals surface area contributed by atoms with E-state index < -0.39 is 33.2 Å². The van der Waals surface area contributed by atoms with Crippen LogP contribution in [0.5, 0.6) is 0 Å². The lowest BCUT2D eigenvalue weighted by molar-refractivity contribution is -0.122. The molecule has 0 aromatic heterocycles. The summed E-state index contributed by atoms with van der Waals surface area (Å²) in [5.74, 6) is -1.05. The third-order valence-corrected chi connectivity index (χ3v) is 5.46. The van der Waals surface area contributed by atoms with Crippen molar-refractivity contribution < 1.29 is 43.7 Å². The molecule has 0 saturated heterocycles. The summed E-state index contributed by atoms with van der Waals surface area (Å²) < 4.78 is 21.9. The largest absolute Gasteiger partial charge is 0.395 e.